The van der Waals surface area contributed by atoms with Crippen LogP contribution < -0.4 is 5.56 Å². The molecule has 0 spiro atoms. The third-order valence-corrected chi connectivity index (χ3v) is 5.05. The first-order valence-corrected chi connectivity index (χ1v) is 8.64. The number of nitro groups is 1. The van der Waals surface area contributed by atoms with Crippen LogP contribution in [0.2, 0.25) is 0 Å². The van der Waals surface area contributed by atoms with Gasteiger partial charge in [0.15, 0.2) is 0 Å². The highest BCUT2D eigenvalue weighted by atomic mass is 16.6. The van der Waals surface area contributed by atoms with Gasteiger partial charge < -0.3 is 4.74 Å². The summed E-state index contributed by atoms with van der Waals surface area (Å²) in [5.74, 6) is 0.0917. The van der Waals surface area contributed by atoms with Gasteiger partial charge in [0.05, 0.1) is 4.92 Å². The van der Waals surface area contributed by atoms with Gasteiger partial charge in [-0.25, -0.2) is 0 Å². The van der Waals surface area contributed by atoms with Gasteiger partial charge in [-0.2, -0.15) is 0 Å². The van der Waals surface area contributed by atoms with Crippen molar-refractivity contribution in [1.82, 2.24) is 4.57 Å². The summed E-state index contributed by atoms with van der Waals surface area (Å²) in [6, 6.07) is 2.62. The van der Waals surface area contributed by atoms with Crippen molar-refractivity contribution >= 4 is 11.7 Å². The lowest BCUT2D eigenvalue weighted by atomic mass is 9.72. The Morgan fingerprint density at radius 3 is 2.40 bits per heavy atom. The molecule has 1 aromatic rings. The summed E-state index contributed by atoms with van der Waals surface area (Å²) < 4.78 is 6.60. The van der Waals surface area contributed by atoms with Gasteiger partial charge in [-0.05, 0) is 50.0 Å². The van der Waals surface area contributed by atoms with Crippen molar-refractivity contribution in [2.45, 2.75) is 66.0 Å². The molecule has 25 heavy (non-hydrogen) atoms. The Kier molecular flexibility index (Phi) is 5.65. The molecule has 0 radical (unpaired) electrons. The average Bonchev–Trinajstić information content (AvgIpc) is 2.50. The maximum atomic E-state index is 12.2. The fourth-order valence-electron chi connectivity index (χ4n) is 3.39. The van der Waals surface area contributed by atoms with Crippen molar-refractivity contribution in [1.29, 1.82) is 0 Å². The van der Waals surface area contributed by atoms with Gasteiger partial charge in [0.25, 0.3) is 0 Å². The first-order chi connectivity index (χ1) is 11.6. The molecule has 0 atom stereocenters. The average molecular weight is 350 g/mol. The van der Waals surface area contributed by atoms with Crippen molar-refractivity contribution in [2.24, 2.45) is 11.3 Å². The van der Waals surface area contributed by atoms with E-state index in [-0.39, 0.29) is 18.1 Å². The second kappa shape index (κ2) is 7.37. The summed E-state index contributed by atoms with van der Waals surface area (Å²) in [5, 5.41) is 10.9. The minimum Gasteiger partial charge on any atom is -0.461 e. The maximum Gasteiger partial charge on any atom is 0.334 e. The molecule has 1 saturated carbocycles. The molecule has 0 aromatic carbocycles. The van der Waals surface area contributed by atoms with E-state index >= 15 is 0 Å². The Morgan fingerprint density at radius 2 is 1.88 bits per heavy atom. The van der Waals surface area contributed by atoms with E-state index in [9.17, 15) is 19.7 Å². The maximum absolute atomic E-state index is 12.2. The van der Waals surface area contributed by atoms with Crippen LogP contribution in [0, 0.1) is 28.4 Å². The molecule has 1 heterocycles. The van der Waals surface area contributed by atoms with E-state index in [0.29, 0.717) is 11.6 Å². The molecule has 1 aliphatic rings. The smallest absolute Gasteiger partial charge is 0.334 e. The lowest BCUT2D eigenvalue weighted by Crippen LogP contribution is -2.33. The number of carbonyl (C=O) groups excluding carboxylic acids is 1. The monoisotopic (exact) mass is 350 g/mol. The highest BCUT2D eigenvalue weighted by Crippen LogP contribution is 2.38. The van der Waals surface area contributed by atoms with E-state index in [0.717, 1.165) is 36.3 Å². The molecule has 0 bridgehead atoms. The third kappa shape index (κ3) is 4.67. The summed E-state index contributed by atoms with van der Waals surface area (Å²) in [5.41, 5.74) is -0.575. The zero-order valence-corrected chi connectivity index (χ0v) is 15.3. The zero-order chi connectivity index (χ0) is 18.8. The Hall–Kier alpha value is -2.18. The number of carbonyl (C=O) groups is 1. The second-order valence-electron chi connectivity index (χ2n) is 7.84. The minimum atomic E-state index is -0.779. The normalized spacial score (nSPS) is 21.0. The highest BCUT2D eigenvalue weighted by Gasteiger charge is 2.31. The standard InChI is InChI=1S/C18H26N2O5/c1-12-5-10-15(20(23)24)17(22)19(12)11-16(21)25-14-8-6-13(7-9-14)18(2,3)4/h5,10,13-14H,6-9,11H2,1-4H3. The fourth-order valence-corrected chi connectivity index (χ4v) is 3.39. The van der Waals surface area contributed by atoms with Crippen LogP contribution in [0.4, 0.5) is 5.69 Å². The Balaban J connectivity index is 1.99. The van der Waals surface area contributed by atoms with Crippen LogP contribution in [-0.2, 0) is 16.1 Å². The van der Waals surface area contributed by atoms with E-state index in [1.165, 1.54) is 6.07 Å². The third-order valence-electron chi connectivity index (χ3n) is 5.05. The van der Waals surface area contributed by atoms with Crippen LogP contribution >= 0.6 is 0 Å². The summed E-state index contributed by atoms with van der Waals surface area (Å²) in [6.07, 6.45) is 3.52. The summed E-state index contributed by atoms with van der Waals surface area (Å²) >= 11 is 0. The van der Waals surface area contributed by atoms with Gasteiger partial charge in [0.2, 0.25) is 0 Å². The number of aromatic nitrogens is 1. The minimum absolute atomic E-state index is 0.138. The molecular formula is C18H26N2O5. The number of aryl methyl sites for hydroxylation is 1. The number of hydrogen-bond acceptors (Lipinski definition) is 5. The molecule has 0 unspecified atom stereocenters. The first-order valence-electron chi connectivity index (χ1n) is 8.64. The van der Waals surface area contributed by atoms with Crippen LogP contribution in [0.15, 0.2) is 16.9 Å². The van der Waals surface area contributed by atoms with E-state index < -0.39 is 22.1 Å². The molecule has 0 saturated heterocycles. The number of pyridine rings is 1. The molecule has 0 N–H and O–H groups in total. The molecule has 1 aliphatic carbocycles. The SMILES string of the molecule is Cc1ccc([N+](=O)[O-])c(=O)n1CC(=O)OC1CCC(C(C)(C)C)CC1. The van der Waals surface area contributed by atoms with Crippen molar-refractivity contribution in [3.8, 4) is 0 Å². The molecule has 0 aliphatic heterocycles. The molecule has 2 rings (SSSR count). The lowest BCUT2D eigenvalue weighted by molar-refractivity contribution is -0.386. The van der Waals surface area contributed by atoms with E-state index in [4.69, 9.17) is 4.74 Å². The predicted molar refractivity (Wildman–Crippen MR) is 93.4 cm³/mol. The topological polar surface area (TPSA) is 91.4 Å². The van der Waals surface area contributed by atoms with Gasteiger partial charge in [0, 0.05) is 11.8 Å². The Morgan fingerprint density at radius 1 is 1.28 bits per heavy atom. The molecule has 7 nitrogen and oxygen atoms in total. The number of rotatable bonds is 4. The predicted octanol–water partition coefficient (Wildman–Crippen LogP) is 3.21. The van der Waals surface area contributed by atoms with Crippen LogP contribution in [0.3, 0.4) is 0 Å². The van der Waals surface area contributed by atoms with Crippen molar-refractivity contribution in [3.63, 3.8) is 0 Å². The summed E-state index contributed by atoms with van der Waals surface area (Å²) in [6.45, 7) is 8.00. The molecule has 138 valence electrons. The first kappa shape index (κ1) is 19.1. The van der Waals surface area contributed by atoms with Gasteiger partial charge in [-0.3, -0.25) is 24.3 Å². The second-order valence-corrected chi connectivity index (χ2v) is 7.84. The molecule has 0 amide bonds. The fraction of sp³-hybridized carbons (Fsp3) is 0.667. The van der Waals surface area contributed by atoms with E-state index in [2.05, 4.69) is 20.8 Å². The lowest BCUT2D eigenvalue weighted by Gasteiger charge is -2.36. The number of nitrogens with zero attached hydrogens (tertiary/aromatic N) is 2. The van der Waals surface area contributed by atoms with Crippen LogP contribution in [0.1, 0.15) is 52.1 Å². The van der Waals surface area contributed by atoms with Gasteiger partial charge in [-0.1, -0.05) is 20.8 Å². The van der Waals surface area contributed by atoms with Crippen LogP contribution in [0.5, 0.6) is 0 Å². The number of esters is 1. The highest BCUT2D eigenvalue weighted by molar-refractivity contribution is 5.69. The zero-order valence-electron chi connectivity index (χ0n) is 15.3. The molecule has 7 heteroatoms. The summed E-state index contributed by atoms with van der Waals surface area (Å²) in [4.78, 5) is 34.5. The van der Waals surface area contributed by atoms with Gasteiger partial charge >= 0.3 is 17.2 Å². The number of hydrogen-bond donors (Lipinski definition) is 0. The summed E-state index contributed by atoms with van der Waals surface area (Å²) in [7, 11) is 0. The van der Waals surface area contributed by atoms with E-state index in [1.807, 2.05) is 0 Å². The number of ether oxygens (including phenoxy) is 1. The van der Waals surface area contributed by atoms with Crippen molar-refractivity contribution < 1.29 is 14.5 Å². The van der Waals surface area contributed by atoms with Gasteiger partial charge in [-0.15, -0.1) is 0 Å². The van der Waals surface area contributed by atoms with Gasteiger partial charge in [0.1, 0.15) is 12.6 Å². The largest absolute Gasteiger partial charge is 0.461 e. The Labute approximate surface area is 147 Å². The van der Waals surface area contributed by atoms with Crippen LogP contribution in [0.25, 0.3) is 0 Å². The van der Waals surface area contributed by atoms with Crippen LogP contribution in [-0.4, -0.2) is 21.6 Å². The quantitative estimate of drug-likeness (QED) is 0.472. The molecular weight excluding hydrogens is 324 g/mol. The molecule has 1 aromatic heterocycles. The molecule has 1 fully saturated rings. The Bertz CT molecular complexity index is 709. The van der Waals surface area contributed by atoms with Crippen molar-refractivity contribution in [2.75, 3.05) is 0 Å². The van der Waals surface area contributed by atoms with E-state index in [1.54, 1.807) is 6.92 Å². The van der Waals surface area contributed by atoms with Crippen molar-refractivity contribution in [3.05, 3.63) is 38.3 Å².